The number of rotatable bonds is 11. The molecule has 2 N–H and O–H groups in total. The minimum Gasteiger partial charge on any atom is -0.478 e. The highest BCUT2D eigenvalue weighted by molar-refractivity contribution is 6.03. The van der Waals surface area contributed by atoms with E-state index in [0.29, 0.717) is 0 Å². The van der Waals surface area contributed by atoms with E-state index in [1.807, 2.05) is 0 Å². The van der Waals surface area contributed by atoms with Crippen molar-refractivity contribution in [3.05, 3.63) is 0 Å². The van der Waals surface area contributed by atoms with Gasteiger partial charge in [0.05, 0.1) is 0 Å². The van der Waals surface area contributed by atoms with Gasteiger partial charge in [-0.25, -0.2) is 14.0 Å². The van der Waals surface area contributed by atoms with Crippen LogP contribution in [0.2, 0.25) is 0 Å². The van der Waals surface area contributed by atoms with E-state index in [0.717, 1.165) is 0 Å². The zero-order chi connectivity index (χ0) is 37.7. The van der Waals surface area contributed by atoms with Gasteiger partial charge in [-0.1, -0.05) is 0 Å². The third kappa shape index (κ3) is 4.59. The van der Waals surface area contributed by atoms with Crippen LogP contribution in [0.1, 0.15) is 0 Å². The first-order valence-corrected chi connectivity index (χ1v) is 9.27. The van der Waals surface area contributed by atoms with E-state index in [1.54, 1.807) is 0 Å². The molecule has 30 heteroatoms. The fourth-order valence-electron chi connectivity index (χ4n) is 3.28. The third-order valence-electron chi connectivity index (χ3n) is 5.56. The molecule has 0 aliphatic heterocycles. The van der Waals surface area contributed by atoms with Crippen LogP contribution >= 0.6 is 0 Å². The highest BCUT2D eigenvalue weighted by Crippen LogP contribution is 2.75. The summed E-state index contributed by atoms with van der Waals surface area (Å²) in [6, 6.07) is 0. The van der Waals surface area contributed by atoms with Crippen molar-refractivity contribution in [3.63, 3.8) is 0 Å². The molecule has 0 aliphatic rings. The summed E-state index contributed by atoms with van der Waals surface area (Å²) < 4.78 is 352. The molecule has 0 rings (SSSR count). The lowest BCUT2D eigenvalue weighted by Gasteiger charge is -2.54. The second-order valence-electron chi connectivity index (χ2n) is 8.11. The second-order valence-corrected chi connectivity index (χ2v) is 8.11. The Morgan fingerprint density at radius 2 is 0.467 bits per heavy atom. The van der Waals surface area contributed by atoms with Gasteiger partial charge < -0.3 is 10.2 Å². The molecule has 0 radical (unpaired) electrons. The predicted molar refractivity (Wildman–Crippen MR) is 79.3 cm³/mol. The lowest BCUT2D eigenvalue weighted by Crippen LogP contribution is -2.87. The molecule has 0 unspecified atom stereocenters. The van der Waals surface area contributed by atoms with Crippen LogP contribution in [0, 0.1) is 5.41 Å². The van der Waals surface area contributed by atoms with Gasteiger partial charge in [0.25, 0.3) is 0 Å². The van der Waals surface area contributed by atoms with Crippen LogP contribution in [0.5, 0.6) is 0 Å². The van der Waals surface area contributed by atoms with E-state index in [4.69, 9.17) is 10.2 Å². The summed E-state index contributed by atoms with van der Waals surface area (Å²) in [7, 11) is 0. The average molecular weight is 740 g/mol. The fraction of sp³-hybridized carbons (Fsp3) is 0.867. The molecule has 0 aliphatic carbocycles. The Labute approximate surface area is 224 Å². The van der Waals surface area contributed by atoms with Gasteiger partial charge >= 0.3 is 83.5 Å². The minimum atomic E-state index is -10.6. The van der Waals surface area contributed by atoms with Gasteiger partial charge in [-0.3, -0.25) is 0 Å². The average Bonchev–Trinajstić information content (AvgIpc) is 2.75. The summed E-state index contributed by atoms with van der Waals surface area (Å²) in [6.07, 6.45) is -26.8. The van der Waals surface area contributed by atoms with Gasteiger partial charge in [0.15, 0.2) is 0 Å². The first kappa shape index (κ1) is 42.1. The van der Waals surface area contributed by atoms with Crippen molar-refractivity contribution >= 4 is 11.9 Å². The summed E-state index contributed by atoms with van der Waals surface area (Å²) in [5.41, 5.74) is -19.3. The minimum absolute atomic E-state index is 5.57. The second kappa shape index (κ2) is 10.1. The highest BCUT2D eigenvalue weighted by atomic mass is 19.4. The van der Waals surface area contributed by atoms with Crippen molar-refractivity contribution in [1.82, 2.24) is 0 Å². The van der Waals surface area contributed by atoms with Crippen molar-refractivity contribution in [2.24, 2.45) is 5.41 Å². The fourth-order valence-corrected chi connectivity index (χ4v) is 3.28. The molecule has 0 spiro atoms. The van der Waals surface area contributed by atoms with Crippen LogP contribution in [-0.2, 0) is 9.59 Å². The number of aliphatic carboxylic acids is 2. The van der Waals surface area contributed by atoms with Crippen molar-refractivity contribution in [1.29, 1.82) is 0 Å². The normalized spacial score (nSPS) is 16.6. The molecule has 0 heterocycles. The molecule has 0 saturated carbocycles. The molecule has 0 bridgehead atoms. The zero-order valence-corrected chi connectivity index (χ0v) is 19.0. The van der Waals surface area contributed by atoms with Gasteiger partial charge in [0.2, 0.25) is 5.41 Å². The van der Waals surface area contributed by atoms with Crippen LogP contribution in [0.4, 0.5) is 114 Å². The lowest BCUT2D eigenvalue weighted by molar-refractivity contribution is -0.506. The molecule has 268 valence electrons. The quantitative estimate of drug-likeness (QED) is 0.169. The Morgan fingerprint density at radius 3 is 0.644 bits per heavy atom. The van der Waals surface area contributed by atoms with Crippen LogP contribution in [0.25, 0.3) is 0 Å². The Hall–Kier alpha value is -2.88. The Morgan fingerprint density at radius 1 is 0.289 bits per heavy atom. The Bertz CT molecular complexity index is 1110. The maximum Gasteiger partial charge on any atom is 0.460 e. The number of hydrogen-bond donors (Lipinski definition) is 2. The number of carbonyl (C=O) groups is 2. The molecule has 0 aromatic heterocycles. The van der Waals surface area contributed by atoms with Crippen LogP contribution in [-0.4, -0.2) is 93.7 Å². The first-order valence-electron chi connectivity index (χ1n) is 9.27. The summed E-state index contributed by atoms with van der Waals surface area (Å²) in [5, 5.41) is 16.6. The largest absolute Gasteiger partial charge is 0.478 e. The molecule has 0 fully saturated rings. The molecule has 0 atom stereocenters. The molecule has 0 saturated heterocycles. The number of carboxylic acid groups (broad SMARTS) is 2. The molecule has 0 amide bonds. The SMILES string of the molecule is O=C(O)C(F)(C(=O)O)C(C(F)(F)C(F)(F)F)(C(F)(F)C(F)(F)F)C(F)(F)C(F)(F)C(F)(F)C(F)(F)C(F)(F)C(F)(F)C(F)(F)F. The van der Waals surface area contributed by atoms with Gasteiger partial charge in [0.1, 0.15) is 0 Å². The number of alkyl halides is 26. The smallest absolute Gasteiger partial charge is 0.460 e. The lowest BCUT2D eigenvalue weighted by atomic mass is 9.57. The van der Waals surface area contributed by atoms with E-state index in [9.17, 15) is 124 Å². The van der Waals surface area contributed by atoms with Crippen molar-refractivity contribution in [3.8, 4) is 0 Å². The number of carboxylic acids is 2. The number of halogens is 26. The van der Waals surface area contributed by atoms with Crippen LogP contribution in [0.3, 0.4) is 0 Å². The Balaban J connectivity index is 9.06. The molecular formula is C15H2F26O4. The summed E-state index contributed by atoms with van der Waals surface area (Å²) in [6.45, 7) is 0. The standard InChI is InChI=1S/C15H2F26O4/c16-3(1(42)43,2(44)45)4(6(19,20)13(33,34)35,7(21,22)14(36,37)38)5(17,18)8(23,24)9(25,26)10(27,28)11(29,30)12(31,32)15(39,40)41/h(H,42,43)(H,44,45). The van der Waals surface area contributed by atoms with E-state index in [1.165, 1.54) is 0 Å². The molecular weight excluding hydrogens is 738 g/mol. The van der Waals surface area contributed by atoms with Crippen molar-refractivity contribution < 1.29 is 134 Å². The predicted octanol–water partition coefficient (Wildman–Crippen LogP) is 7.62. The maximum absolute atomic E-state index is 14.9. The molecule has 45 heavy (non-hydrogen) atoms. The zero-order valence-electron chi connectivity index (χ0n) is 19.0. The molecule has 0 aromatic carbocycles. The number of hydrogen-bond acceptors (Lipinski definition) is 2. The van der Waals surface area contributed by atoms with E-state index in [-0.39, 0.29) is 0 Å². The highest BCUT2D eigenvalue weighted by Gasteiger charge is 3.07. The summed E-state index contributed by atoms with van der Waals surface area (Å²) in [4.78, 5) is 21.7. The van der Waals surface area contributed by atoms with E-state index >= 15 is 0 Å². The summed E-state index contributed by atoms with van der Waals surface area (Å²) >= 11 is 0. The van der Waals surface area contributed by atoms with E-state index in [2.05, 4.69) is 0 Å². The van der Waals surface area contributed by atoms with Gasteiger partial charge in [0, 0.05) is 0 Å². The van der Waals surface area contributed by atoms with Crippen LogP contribution in [0.15, 0.2) is 0 Å². The molecule has 4 nitrogen and oxygen atoms in total. The topological polar surface area (TPSA) is 74.6 Å². The van der Waals surface area contributed by atoms with Crippen molar-refractivity contribution in [2.45, 2.75) is 71.6 Å². The molecule has 0 aromatic rings. The Kier molecular flexibility index (Phi) is 9.41. The van der Waals surface area contributed by atoms with Gasteiger partial charge in [-0.15, -0.1) is 0 Å². The van der Waals surface area contributed by atoms with E-state index < -0.39 is 88.9 Å². The van der Waals surface area contributed by atoms with Crippen LogP contribution < -0.4 is 0 Å². The maximum atomic E-state index is 14.9. The van der Waals surface area contributed by atoms with Gasteiger partial charge in [-0.05, 0) is 0 Å². The monoisotopic (exact) mass is 740 g/mol. The van der Waals surface area contributed by atoms with Crippen molar-refractivity contribution in [2.75, 3.05) is 0 Å². The summed E-state index contributed by atoms with van der Waals surface area (Å²) in [5.74, 6) is -90.4. The van der Waals surface area contributed by atoms with Gasteiger partial charge in [-0.2, -0.15) is 110 Å². The first-order chi connectivity index (χ1) is 18.9. The third-order valence-corrected chi connectivity index (χ3v) is 5.56.